The van der Waals surface area contributed by atoms with E-state index in [0.29, 0.717) is 0 Å². The lowest BCUT2D eigenvalue weighted by atomic mass is 10.2. The van der Waals surface area contributed by atoms with Crippen LogP contribution in [-0.4, -0.2) is 19.0 Å². The molecule has 1 aromatic rings. The fraction of sp³-hybridized carbons (Fsp3) is 0.400. The molecule has 0 aliphatic carbocycles. The first-order valence-electron chi connectivity index (χ1n) is 4.49. The highest BCUT2D eigenvalue weighted by Gasteiger charge is 2.17. The van der Waals surface area contributed by atoms with Gasteiger partial charge in [0.05, 0.1) is 13.2 Å². The molecule has 0 bridgehead atoms. The zero-order valence-electron chi connectivity index (χ0n) is 8.87. The molecule has 1 N–H and O–H groups in total. The number of carbonyl (C=O) groups is 2. The van der Waals surface area contributed by atoms with Crippen LogP contribution in [-0.2, 0) is 14.3 Å². The van der Waals surface area contributed by atoms with Gasteiger partial charge in [-0.1, -0.05) is 0 Å². The van der Waals surface area contributed by atoms with Gasteiger partial charge in [-0.3, -0.25) is 4.79 Å². The Bertz CT molecular complexity index is 372. The zero-order chi connectivity index (χ0) is 11.4. The van der Waals surface area contributed by atoms with Crippen molar-refractivity contribution < 1.29 is 14.3 Å². The van der Waals surface area contributed by atoms with Crippen molar-refractivity contribution in [2.24, 2.45) is 0 Å². The van der Waals surface area contributed by atoms with Crippen LogP contribution in [0.5, 0.6) is 0 Å². The molecule has 0 radical (unpaired) electrons. The lowest BCUT2D eigenvalue weighted by Crippen LogP contribution is -2.33. The summed E-state index contributed by atoms with van der Waals surface area (Å²) in [6, 6.07) is 3.73. The maximum absolute atomic E-state index is 11.2. The molecule has 0 aromatic carbocycles. The fourth-order valence-corrected chi connectivity index (χ4v) is 1.99. The van der Waals surface area contributed by atoms with Crippen LogP contribution in [0.15, 0.2) is 12.1 Å². The first-order chi connectivity index (χ1) is 7.04. The van der Waals surface area contributed by atoms with Gasteiger partial charge in [0.1, 0.15) is 0 Å². The maximum atomic E-state index is 11.2. The molecule has 1 unspecified atom stereocenters. The molecule has 82 valence electrons. The lowest BCUT2D eigenvalue weighted by molar-refractivity contribution is -0.153. The molecule has 4 nitrogen and oxygen atoms in total. The Labute approximate surface area is 92.2 Å². The number of methoxy groups -OCH3 is 1. The molecule has 1 amide bonds. The van der Waals surface area contributed by atoms with Gasteiger partial charge in [0, 0.05) is 9.75 Å². The van der Waals surface area contributed by atoms with E-state index in [0.717, 1.165) is 4.88 Å². The number of nitrogens with one attached hydrogen (secondary N) is 1. The molecular weight excluding hydrogens is 214 g/mol. The summed E-state index contributed by atoms with van der Waals surface area (Å²) in [5, 5.41) is 2.56. The van der Waals surface area contributed by atoms with E-state index in [1.807, 2.05) is 26.0 Å². The fourth-order valence-electron chi connectivity index (χ4n) is 1.11. The second kappa shape index (κ2) is 4.93. The summed E-state index contributed by atoms with van der Waals surface area (Å²) < 4.78 is 4.31. The number of amides is 1. The van der Waals surface area contributed by atoms with Crippen LogP contribution in [0.3, 0.4) is 0 Å². The molecule has 1 heterocycles. The molecular formula is C10H13NO3S. The molecule has 0 spiro atoms. The summed E-state index contributed by atoms with van der Waals surface area (Å²) in [6.07, 6.45) is 0. The Balaban J connectivity index is 2.60. The SMILES string of the molecule is COC(=O)C(=O)NC(C)c1ccc(C)s1. The molecule has 1 atom stereocenters. The van der Waals surface area contributed by atoms with E-state index < -0.39 is 11.9 Å². The van der Waals surface area contributed by atoms with E-state index in [4.69, 9.17) is 0 Å². The van der Waals surface area contributed by atoms with Gasteiger partial charge in [0.2, 0.25) is 0 Å². The van der Waals surface area contributed by atoms with E-state index in [2.05, 4.69) is 10.1 Å². The molecule has 15 heavy (non-hydrogen) atoms. The third-order valence-electron chi connectivity index (χ3n) is 1.91. The Kier molecular flexibility index (Phi) is 3.85. The average molecular weight is 227 g/mol. The largest absolute Gasteiger partial charge is 0.462 e. The van der Waals surface area contributed by atoms with Crippen molar-refractivity contribution in [1.82, 2.24) is 5.32 Å². The van der Waals surface area contributed by atoms with Crippen molar-refractivity contribution in [3.8, 4) is 0 Å². The monoisotopic (exact) mass is 227 g/mol. The molecule has 0 fully saturated rings. The Hall–Kier alpha value is -1.36. The summed E-state index contributed by atoms with van der Waals surface area (Å²) in [7, 11) is 1.18. The van der Waals surface area contributed by atoms with Crippen LogP contribution in [0.4, 0.5) is 0 Å². The summed E-state index contributed by atoms with van der Waals surface area (Å²) in [4.78, 5) is 24.2. The van der Waals surface area contributed by atoms with Gasteiger partial charge in [-0.25, -0.2) is 4.79 Å². The van der Waals surface area contributed by atoms with Crippen molar-refractivity contribution in [1.29, 1.82) is 0 Å². The molecule has 0 saturated heterocycles. The van der Waals surface area contributed by atoms with Gasteiger partial charge < -0.3 is 10.1 Å². The van der Waals surface area contributed by atoms with E-state index in [1.165, 1.54) is 12.0 Å². The van der Waals surface area contributed by atoms with E-state index in [1.54, 1.807) is 11.3 Å². The van der Waals surface area contributed by atoms with Crippen molar-refractivity contribution in [2.45, 2.75) is 19.9 Å². The molecule has 0 aliphatic heterocycles. The van der Waals surface area contributed by atoms with Crippen molar-refractivity contribution in [3.63, 3.8) is 0 Å². The number of hydrogen-bond acceptors (Lipinski definition) is 4. The highest BCUT2D eigenvalue weighted by Crippen LogP contribution is 2.21. The molecule has 0 aliphatic rings. The van der Waals surface area contributed by atoms with E-state index >= 15 is 0 Å². The number of ether oxygens (including phenoxy) is 1. The Morgan fingerprint density at radius 2 is 2.13 bits per heavy atom. The quantitative estimate of drug-likeness (QED) is 0.614. The standard InChI is InChI=1S/C10H13NO3S/c1-6-4-5-8(15-6)7(2)11-9(12)10(13)14-3/h4-5,7H,1-3H3,(H,11,12). The smallest absolute Gasteiger partial charge is 0.396 e. The second-order valence-corrected chi connectivity index (χ2v) is 4.45. The second-order valence-electron chi connectivity index (χ2n) is 3.14. The van der Waals surface area contributed by atoms with Gasteiger partial charge >= 0.3 is 11.9 Å². The number of aryl methyl sites for hydroxylation is 1. The number of esters is 1. The highest BCUT2D eigenvalue weighted by atomic mass is 32.1. The predicted molar refractivity (Wildman–Crippen MR) is 57.6 cm³/mol. The highest BCUT2D eigenvalue weighted by molar-refractivity contribution is 7.12. The molecule has 1 rings (SSSR count). The molecule has 0 saturated carbocycles. The van der Waals surface area contributed by atoms with Gasteiger partial charge in [-0.15, -0.1) is 11.3 Å². The van der Waals surface area contributed by atoms with Gasteiger partial charge in [-0.05, 0) is 26.0 Å². The average Bonchev–Trinajstić information content (AvgIpc) is 2.63. The lowest BCUT2D eigenvalue weighted by Gasteiger charge is -2.10. The minimum Gasteiger partial charge on any atom is -0.462 e. The van der Waals surface area contributed by atoms with Crippen LogP contribution in [0, 0.1) is 6.92 Å². The summed E-state index contributed by atoms with van der Waals surface area (Å²) in [5.74, 6) is -1.58. The molecule has 5 heteroatoms. The predicted octanol–water partition coefficient (Wildman–Crippen LogP) is 1.41. The Morgan fingerprint density at radius 3 is 2.60 bits per heavy atom. The number of hydrogen-bond donors (Lipinski definition) is 1. The minimum absolute atomic E-state index is 0.171. The normalized spacial score (nSPS) is 11.9. The third-order valence-corrected chi connectivity index (χ3v) is 3.09. The van der Waals surface area contributed by atoms with Crippen LogP contribution in [0.25, 0.3) is 0 Å². The van der Waals surface area contributed by atoms with Crippen LogP contribution < -0.4 is 5.32 Å². The summed E-state index contributed by atoms with van der Waals surface area (Å²) >= 11 is 1.59. The molecule has 1 aromatic heterocycles. The van der Waals surface area contributed by atoms with E-state index in [-0.39, 0.29) is 6.04 Å². The minimum atomic E-state index is -0.866. The summed E-state index contributed by atoms with van der Waals surface area (Å²) in [5.41, 5.74) is 0. The summed E-state index contributed by atoms with van der Waals surface area (Å²) in [6.45, 7) is 3.81. The van der Waals surface area contributed by atoms with Crippen molar-refractivity contribution in [3.05, 3.63) is 21.9 Å². The Morgan fingerprint density at radius 1 is 1.47 bits per heavy atom. The maximum Gasteiger partial charge on any atom is 0.396 e. The van der Waals surface area contributed by atoms with Crippen LogP contribution in [0.2, 0.25) is 0 Å². The van der Waals surface area contributed by atoms with Gasteiger partial charge in [-0.2, -0.15) is 0 Å². The number of thiophene rings is 1. The zero-order valence-corrected chi connectivity index (χ0v) is 9.68. The first-order valence-corrected chi connectivity index (χ1v) is 5.31. The van der Waals surface area contributed by atoms with Crippen molar-refractivity contribution >= 4 is 23.2 Å². The first kappa shape index (κ1) is 11.7. The van der Waals surface area contributed by atoms with Crippen LogP contribution >= 0.6 is 11.3 Å². The van der Waals surface area contributed by atoms with Crippen molar-refractivity contribution in [2.75, 3.05) is 7.11 Å². The van der Waals surface area contributed by atoms with Crippen LogP contribution in [0.1, 0.15) is 22.7 Å². The van der Waals surface area contributed by atoms with E-state index in [9.17, 15) is 9.59 Å². The van der Waals surface area contributed by atoms with Gasteiger partial charge in [0.15, 0.2) is 0 Å². The third kappa shape index (κ3) is 3.06. The number of rotatable bonds is 2. The number of carbonyl (C=O) groups excluding carboxylic acids is 2. The van der Waals surface area contributed by atoms with Gasteiger partial charge in [0.25, 0.3) is 0 Å². The topological polar surface area (TPSA) is 55.4 Å².